The molecular weight excluding hydrogens is 631 g/mol. The lowest BCUT2D eigenvalue weighted by molar-refractivity contribution is 0.669. The van der Waals surface area contributed by atoms with Crippen molar-refractivity contribution in [1.82, 2.24) is 15.0 Å². The molecule has 0 radical (unpaired) electrons. The molecule has 0 bridgehead atoms. The molecule has 0 saturated heterocycles. The van der Waals surface area contributed by atoms with Crippen LogP contribution in [0.1, 0.15) is 11.5 Å². The summed E-state index contributed by atoms with van der Waals surface area (Å²) in [5, 5.41) is 2.48. The molecule has 3 heterocycles. The van der Waals surface area contributed by atoms with Gasteiger partial charge in [-0.1, -0.05) is 133 Å². The third kappa shape index (κ3) is 4.89. The Balaban J connectivity index is 1.16. The highest BCUT2D eigenvalue weighted by atomic mass is 32.2. The van der Waals surface area contributed by atoms with Crippen LogP contribution in [0.25, 0.3) is 78.4 Å². The van der Waals surface area contributed by atoms with Crippen LogP contribution in [-0.4, -0.2) is 20.2 Å². The quantitative estimate of drug-likeness (QED) is 0.184. The van der Waals surface area contributed by atoms with Gasteiger partial charge in [0, 0.05) is 43.5 Å². The molecule has 0 amide bonds. The molecule has 2 atom stereocenters. The van der Waals surface area contributed by atoms with Crippen LogP contribution in [0.3, 0.4) is 0 Å². The highest BCUT2D eigenvalue weighted by Gasteiger charge is 2.34. The molecule has 0 fully saturated rings. The maximum atomic E-state index is 6.16. The Morgan fingerprint density at radius 1 is 0.460 bits per heavy atom. The number of furan rings is 1. The molecule has 0 N–H and O–H groups in total. The Hall–Kier alpha value is -6.04. The van der Waals surface area contributed by atoms with Crippen molar-refractivity contribution in [2.24, 2.45) is 0 Å². The number of nitrogens with zero attached hydrogens (tertiary/aromatic N) is 3. The Bertz CT molecular complexity index is 2640. The van der Waals surface area contributed by atoms with Crippen LogP contribution in [-0.2, 0) is 0 Å². The summed E-state index contributed by atoms with van der Waals surface area (Å²) in [6.07, 6.45) is 8.91. The number of para-hydroxylation sites is 1. The SMILES string of the molecule is C1=CC2Sc3cccc(-c4nc(-c5ccc6oc7ccccc7c6c5)nc(-c5ccccc5-c5ccc(-c6ccccc6)cc5)n4)c3C2C=C1. The molecule has 50 heavy (non-hydrogen) atoms. The van der Waals surface area contributed by atoms with E-state index in [2.05, 4.69) is 133 Å². The summed E-state index contributed by atoms with van der Waals surface area (Å²) in [6.45, 7) is 0. The second-order valence-corrected chi connectivity index (χ2v) is 13.9. The number of thioether (sulfide) groups is 1. The highest BCUT2D eigenvalue weighted by Crippen LogP contribution is 2.51. The van der Waals surface area contributed by atoms with Crippen LogP contribution >= 0.6 is 11.8 Å². The predicted molar refractivity (Wildman–Crippen MR) is 205 cm³/mol. The second kappa shape index (κ2) is 11.8. The van der Waals surface area contributed by atoms with Gasteiger partial charge in [0.15, 0.2) is 17.5 Å². The number of benzene rings is 6. The Kier molecular flexibility index (Phi) is 6.84. The zero-order valence-corrected chi connectivity index (χ0v) is 27.7. The third-order valence-corrected chi connectivity index (χ3v) is 11.1. The summed E-state index contributed by atoms with van der Waals surface area (Å²) in [5.41, 5.74) is 10.5. The fourth-order valence-electron chi connectivity index (χ4n) is 7.31. The van der Waals surface area contributed by atoms with E-state index in [0.717, 1.165) is 49.8 Å². The molecule has 2 aliphatic rings. The molecule has 236 valence electrons. The van der Waals surface area contributed by atoms with E-state index in [1.807, 2.05) is 42.1 Å². The molecule has 2 unspecified atom stereocenters. The van der Waals surface area contributed by atoms with Crippen molar-refractivity contribution in [2.45, 2.75) is 16.1 Å². The first-order chi connectivity index (χ1) is 24.8. The number of fused-ring (bicyclic) bond motifs is 6. The summed E-state index contributed by atoms with van der Waals surface area (Å²) in [7, 11) is 0. The lowest BCUT2D eigenvalue weighted by Gasteiger charge is -2.18. The maximum Gasteiger partial charge on any atom is 0.164 e. The van der Waals surface area contributed by atoms with Crippen molar-refractivity contribution in [3.8, 4) is 56.4 Å². The molecular formula is C45H29N3OS. The van der Waals surface area contributed by atoms with E-state index in [1.165, 1.54) is 21.6 Å². The van der Waals surface area contributed by atoms with Crippen molar-refractivity contribution in [3.05, 3.63) is 169 Å². The van der Waals surface area contributed by atoms with Gasteiger partial charge in [0.2, 0.25) is 0 Å². The Labute approximate surface area is 293 Å². The first-order valence-electron chi connectivity index (χ1n) is 16.8. The lowest BCUT2D eigenvalue weighted by atomic mass is 9.89. The summed E-state index contributed by atoms with van der Waals surface area (Å²) in [4.78, 5) is 17.0. The van der Waals surface area contributed by atoms with Crippen molar-refractivity contribution >= 4 is 33.7 Å². The van der Waals surface area contributed by atoms with E-state index < -0.39 is 0 Å². The second-order valence-electron chi connectivity index (χ2n) is 12.7. The topological polar surface area (TPSA) is 51.8 Å². The van der Waals surface area contributed by atoms with Crippen LogP contribution in [0, 0.1) is 0 Å². The van der Waals surface area contributed by atoms with E-state index in [4.69, 9.17) is 19.4 Å². The number of rotatable bonds is 5. The standard InChI is InChI=1S/C45H29N3OS/c1-2-11-28(12-3-1)29-21-23-30(24-22-29)32-13-4-5-15-34(32)44-46-43(31-25-26-39-37(27-31)33-14-6-8-18-38(33)49-39)47-45(48-44)36-17-10-20-41-42(36)35-16-7-9-19-40(35)50-41/h1-27,35,40H. The van der Waals surface area contributed by atoms with Crippen molar-refractivity contribution in [1.29, 1.82) is 0 Å². The van der Waals surface area contributed by atoms with Crippen LogP contribution in [0.2, 0.25) is 0 Å². The molecule has 0 saturated carbocycles. The van der Waals surface area contributed by atoms with Gasteiger partial charge in [-0.15, -0.1) is 11.8 Å². The van der Waals surface area contributed by atoms with E-state index in [-0.39, 0.29) is 5.92 Å². The molecule has 6 aromatic carbocycles. The van der Waals surface area contributed by atoms with Gasteiger partial charge in [0.1, 0.15) is 11.2 Å². The van der Waals surface area contributed by atoms with Gasteiger partial charge in [0.05, 0.1) is 0 Å². The first kappa shape index (κ1) is 28.9. The summed E-state index contributed by atoms with van der Waals surface area (Å²) >= 11 is 1.91. The normalized spacial score (nSPS) is 16.2. The molecule has 2 aromatic heterocycles. The van der Waals surface area contributed by atoms with E-state index in [9.17, 15) is 0 Å². The first-order valence-corrected chi connectivity index (χ1v) is 17.7. The van der Waals surface area contributed by atoms with Gasteiger partial charge >= 0.3 is 0 Å². The van der Waals surface area contributed by atoms with Gasteiger partial charge < -0.3 is 4.42 Å². The van der Waals surface area contributed by atoms with Gasteiger partial charge in [0.25, 0.3) is 0 Å². The highest BCUT2D eigenvalue weighted by molar-refractivity contribution is 8.00. The van der Waals surface area contributed by atoms with Crippen molar-refractivity contribution in [3.63, 3.8) is 0 Å². The molecule has 1 aliphatic carbocycles. The largest absolute Gasteiger partial charge is 0.456 e. The molecule has 10 rings (SSSR count). The molecule has 5 heteroatoms. The minimum Gasteiger partial charge on any atom is -0.456 e. The Morgan fingerprint density at radius 2 is 1.10 bits per heavy atom. The molecule has 8 aromatic rings. The average molecular weight is 660 g/mol. The fourth-order valence-corrected chi connectivity index (χ4v) is 8.67. The van der Waals surface area contributed by atoms with Gasteiger partial charge in [-0.2, -0.15) is 0 Å². The summed E-state index contributed by atoms with van der Waals surface area (Å²) in [6, 6.07) is 48.5. The van der Waals surface area contributed by atoms with Crippen LogP contribution in [0.4, 0.5) is 0 Å². The van der Waals surface area contributed by atoms with Crippen molar-refractivity contribution < 1.29 is 4.42 Å². The van der Waals surface area contributed by atoms with Crippen LogP contribution in [0.5, 0.6) is 0 Å². The maximum absolute atomic E-state index is 6.16. The zero-order valence-electron chi connectivity index (χ0n) is 26.9. The summed E-state index contributed by atoms with van der Waals surface area (Å²) < 4.78 is 6.16. The number of hydrogen-bond donors (Lipinski definition) is 0. The number of hydrogen-bond acceptors (Lipinski definition) is 5. The molecule has 4 nitrogen and oxygen atoms in total. The van der Waals surface area contributed by atoms with E-state index >= 15 is 0 Å². The van der Waals surface area contributed by atoms with Gasteiger partial charge in [-0.25, -0.2) is 15.0 Å². The third-order valence-electron chi connectivity index (χ3n) is 9.73. The van der Waals surface area contributed by atoms with Crippen LogP contribution < -0.4 is 0 Å². The van der Waals surface area contributed by atoms with Gasteiger partial charge in [-0.3, -0.25) is 0 Å². The number of allylic oxidation sites excluding steroid dienone is 3. The molecule has 0 spiro atoms. The van der Waals surface area contributed by atoms with E-state index in [0.29, 0.717) is 22.7 Å². The average Bonchev–Trinajstić information content (AvgIpc) is 3.76. The van der Waals surface area contributed by atoms with Gasteiger partial charge in [-0.05, 0) is 58.1 Å². The zero-order chi connectivity index (χ0) is 33.0. The Morgan fingerprint density at radius 3 is 1.98 bits per heavy atom. The van der Waals surface area contributed by atoms with Crippen molar-refractivity contribution in [2.75, 3.05) is 0 Å². The van der Waals surface area contributed by atoms with E-state index in [1.54, 1.807) is 0 Å². The summed E-state index contributed by atoms with van der Waals surface area (Å²) in [5.74, 6) is 2.22. The van der Waals surface area contributed by atoms with Crippen LogP contribution in [0.15, 0.2) is 173 Å². The minimum absolute atomic E-state index is 0.268. The lowest BCUT2D eigenvalue weighted by Crippen LogP contribution is -2.09. The fraction of sp³-hybridized carbons (Fsp3) is 0.0444. The molecule has 1 aliphatic heterocycles. The predicted octanol–water partition coefficient (Wildman–Crippen LogP) is 11.8. The smallest absolute Gasteiger partial charge is 0.164 e. The number of aromatic nitrogens is 3. The minimum atomic E-state index is 0.268. The monoisotopic (exact) mass is 659 g/mol.